The van der Waals surface area contributed by atoms with E-state index in [0.29, 0.717) is 17.3 Å². The summed E-state index contributed by atoms with van der Waals surface area (Å²) in [6.45, 7) is 2.68. The molecule has 134 valence electrons. The van der Waals surface area contributed by atoms with E-state index in [4.69, 9.17) is 10.00 Å². The second kappa shape index (κ2) is 8.03. The van der Waals surface area contributed by atoms with E-state index in [2.05, 4.69) is 16.3 Å². The molecule has 0 heterocycles. The average Bonchev–Trinajstić information content (AvgIpc) is 3.51. The molecule has 0 spiro atoms. The molecule has 0 aliphatic heterocycles. The monoisotopic (exact) mass is 349 g/mol. The smallest absolute Gasteiger partial charge is 0.241 e. The van der Waals surface area contributed by atoms with Crippen LogP contribution in [0.25, 0.3) is 0 Å². The second-order valence-corrected chi connectivity index (χ2v) is 6.61. The highest BCUT2D eigenvalue weighted by Gasteiger charge is 2.35. The number of nitrogens with one attached hydrogen (secondary N) is 1. The zero-order valence-corrected chi connectivity index (χ0v) is 15.1. The van der Waals surface area contributed by atoms with Gasteiger partial charge in [-0.05, 0) is 61.7 Å². The van der Waals surface area contributed by atoms with Crippen molar-refractivity contribution >= 4 is 11.6 Å². The number of carbonyl (C=O) groups is 1. The zero-order valence-electron chi connectivity index (χ0n) is 15.1. The summed E-state index contributed by atoms with van der Waals surface area (Å²) in [4.78, 5) is 14.9. The Morgan fingerprint density at radius 2 is 1.88 bits per heavy atom. The number of nitriles is 1. The molecule has 1 aliphatic rings. The number of benzene rings is 2. The summed E-state index contributed by atoms with van der Waals surface area (Å²) in [5, 5.41) is 11.8. The molecular formula is C21H23N3O2. The molecule has 2 aromatic rings. The Bertz CT molecular complexity index is 790. The lowest BCUT2D eigenvalue weighted by Gasteiger charge is -2.28. The summed E-state index contributed by atoms with van der Waals surface area (Å²) in [5.41, 5.74) is 2.45. The van der Waals surface area contributed by atoms with E-state index < -0.39 is 0 Å². The molecule has 2 aromatic carbocycles. The van der Waals surface area contributed by atoms with Crippen molar-refractivity contribution in [2.24, 2.45) is 0 Å². The van der Waals surface area contributed by atoms with Crippen LogP contribution in [0.1, 0.15) is 30.9 Å². The number of amides is 1. The molecule has 1 fully saturated rings. The van der Waals surface area contributed by atoms with Gasteiger partial charge >= 0.3 is 0 Å². The fourth-order valence-electron chi connectivity index (χ4n) is 2.96. The summed E-state index contributed by atoms with van der Waals surface area (Å²) in [7, 11) is 1.65. The third-order valence-corrected chi connectivity index (χ3v) is 4.70. The highest BCUT2D eigenvalue weighted by atomic mass is 16.5. The molecule has 0 bridgehead atoms. The standard InChI is InChI=1S/C21H23N3O2/c1-15(21(25)23-18-7-3-16(13-22)4-8-18)24(19-9-10-19)14-17-5-11-20(26-2)12-6-17/h3-8,11-12,15,19H,9-10,14H2,1-2H3,(H,23,25)/t15-/m0/s1. The van der Waals surface area contributed by atoms with Crippen LogP contribution >= 0.6 is 0 Å². The Balaban J connectivity index is 1.66. The van der Waals surface area contributed by atoms with Gasteiger partial charge < -0.3 is 10.1 Å². The number of hydrogen-bond acceptors (Lipinski definition) is 4. The van der Waals surface area contributed by atoms with Crippen LogP contribution in [0.2, 0.25) is 0 Å². The predicted octanol–water partition coefficient (Wildman–Crippen LogP) is 3.56. The first kappa shape index (κ1) is 18.0. The van der Waals surface area contributed by atoms with Crippen molar-refractivity contribution in [1.29, 1.82) is 5.26 Å². The van der Waals surface area contributed by atoms with Crippen molar-refractivity contribution in [3.05, 3.63) is 59.7 Å². The van der Waals surface area contributed by atoms with Crippen LogP contribution in [0.4, 0.5) is 5.69 Å². The molecule has 1 amide bonds. The van der Waals surface area contributed by atoms with Gasteiger partial charge in [0, 0.05) is 18.3 Å². The van der Waals surface area contributed by atoms with Gasteiger partial charge in [-0.25, -0.2) is 0 Å². The molecule has 0 aromatic heterocycles. The van der Waals surface area contributed by atoms with E-state index in [0.717, 1.165) is 30.7 Å². The van der Waals surface area contributed by atoms with Crippen LogP contribution in [0.3, 0.4) is 0 Å². The van der Waals surface area contributed by atoms with Gasteiger partial charge in [-0.3, -0.25) is 9.69 Å². The van der Waals surface area contributed by atoms with Gasteiger partial charge in [0.2, 0.25) is 5.91 Å². The minimum atomic E-state index is -0.236. The van der Waals surface area contributed by atoms with Crippen LogP contribution in [0.5, 0.6) is 5.75 Å². The van der Waals surface area contributed by atoms with E-state index >= 15 is 0 Å². The molecule has 1 aliphatic carbocycles. The van der Waals surface area contributed by atoms with Crippen LogP contribution in [-0.4, -0.2) is 30.0 Å². The SMILES string of the molecule is COc1ccc(CN(C2CC2)[C@@H](C)C(=O)Nc2ccc(C#N)cc2)cc1. The Hall–Kier alpha value is -2.84. The Labute approximate surface area is 154 Å². The van der Waals surface area contributed by atoms with E-state index in [-0.39, 0.29) is 11.9 Å². The van der Waals surface area contributed by atoms with Gasteiger partial charge in [0.1, 0.15) is 5.75 Å². The molecule has 0 radical (unpaired) electrons. The molecule has 1 atom stereocenters. The number of methoxy groups -OCH3 is 1. The molecule has 5 heteroatoms. The lowest BCUT2D eigenvalue weighted by molar-refractivity contribution is -0.121. The van der Waals surface area contributed by atoms with E-state index in [9.17, 15) is 4.79 Å². The van der Waals surface area contributed by atoms with Crippen molar-refractivity contribution in [3.8, 4) is 11.8 Å². The maximum atomic E-state index is 12.7. The summed E-state index contributed by atoms with van der Waals surface area (Å²) < 4.78 is 5.20. The molecule has 1 N–H and O–H groups in total. The van der Waals surface area contributed by atoms with Crippen molar-refractivity contribution in [2.45, 2.75) is 38.4 Å². The number of nitrogens with zero attached hydrogens (tertiary/aromatic N) is 2. The molecule has 5 nitrogen and oxygen atoms in total. The maximum absolute atomic E-state index is 12.7. The highest BCUT2D eigenvalue weighted by molar-refractivity contribution is 5.94. The number of anilines is 1. The lowest BCUT2D eigenvalue weighted by atomic mass is 10.1. The largest absolute Gasteiger partial charge is 0.497 e. The molecular weight excluding hydrogens is 326 g/mol. The van der Waals surface area contributed by atoms with Gasteiger partial charge in [-0.2, -0.15) is 5.26 Å². The second-order valence-electron chi connectivity index (χ2n) is 6.61. The minimum absolute atomic E-state index is 0.0323. The fraction of sp³-hybridized carbons (Fsp3) is 0.333. The quantitative estimate of drug-likeness (QED) is 0.830. The van der Waals surface area contributed by atoms with Crippen molar-refractivity contribution in [2.75, 3.05) is 12.4 Å². The Morgan fingerprint density at radius 1 is 1.23 bits per heavy atom. The van der Waals surface area contributed by atoms with E-state index in [1.165, 1.54) is 0 Å². The average molecular weight is 349 g/mol. The first-order chi connectivity index (χ1) is 12.6. The maximum Gasteiger partial charge on any atom is 0.241 e. The number of hydrogen-bond donors (Lipinski definition) is 1. The first-order valence-corrected chi connectivity index (χ1v) is 8.80. The summed E-state index contributed by atoms with van der Waals surface area (Å²) >= 11 is 0. The molecule has 0 unspecified atom stereocenters. The van der Waals surface area contributed by atoms with Crippen molar-refractivity contribution in [3.63, 3.8) is 0 Å². The Kier molecular flexibility index (Phi) is 5.55. The van der Waals surface area contributed by atoms with Crippen molar-refractivity contribution in [1.82, 2.24) is 4.90 Å². The van der Waals surface area contributed by atoms with Gasteiger partial charge in [0.05, 0.1) is 24.8 Å². The third kappa shape index (κ3) is 4.41. The van der Waals surface area contributed by atoms with Crippen LogP contribution in [-0.2, 0) is 11.3 Å². The lowest BCUT2D eigenvalue weighted by Crippen LogP contribution is -2.42. The third-order valence-electron chi connectivity index (χ3n) is 4.70. The first-order valence-electron chi connectivity index (χ1n) is 8.80. The van der Waals surface area contributed by atoms with Crippen molar-refractivity contribution < 1.29 is 9.53 Å². The van der Waals surface area contributed by atoms with E-state index in [1.54, 1.807) is 31.4 Å². The predicted molar refractivity (Wildman–Crippen MR) is 101 cm³/mol. The molecule has 3 rings (SSSR count). The van der Waals surface area contributed by atoms with Gasteiger partial charge in [0.15, 0.2) is 0 Å². The number of ether oxygens (including phenoxy) is 1. The summed E-state index contributed by atoms with van der Waals surface area (Å²) in [5.74, 6) is 0.799. The molecule has 0 saturated heterocycles. The topological polar surface area (TPSA) is 65.4 Å². The van der Waals surface area contributed by atoms with Gasteiger partial charge in [0.25, 0.3) is 0 Å². The highest BCUT2D eigenvalue weighted by Crippen LogP contribution is 2.31. The molecule has 1 saturated carbocycles. The fourth-order valence-corrected chi connectivity index (χ4v) is 2.96. The van der Waals surface area contributed by atoms with Crippen LogP contribution in [0.15, 0.2) is 48.5 Å². The van der Waals surface area contributed by atoms with Gasteiger partial charge in [-0.15, -0.1) is 0 Å². The number of rotatable bonds is 7. The summed E-state index contributed by atoms with van der Waals surface area (Å²) in [6.07, 6.45) is 2.26. The minimum Gasteiger partial charge on any atom is -0.497 e. The number of carbonyl (C=O) groups excluding carboxylic acids is 1. The summed E-state index contributed by atoms with van der Waals surface area (Å²) in [6, 6.07) is 17.2. The van der Waals surface area contributed by atoms with E-state index in [1.807, 2.05) is 31.2 Å². The van der Waals surface area contributed by atoms with Crippen LogP contribution in [0, 0.1) is 11.3 Å². The zero-order chi connectivity index (χ0) is 18.5. The van der Waals surface area contributed by atoms with Crippen LogP contribution < -0.4 is 10.1 Å². The Morgan fingerprint density at radius 3 is 2.42 bits per heavy atom. The normalized spacial score (nSPS) is 14.5. The molecule has 26 heavy (non-hydrogen) atoms. The van der Waals surface area contributed by atoms with Gasteiger partial charge in [-0.1, -0.05) is 12.1 Å².